The molecule has 0 aromatic heterocycles. The second kappa shape index (κ2) is 6.41. The molecule has 0 radical (unpaired) electrons. The smallest absolute Gasteiger partial charge is 0.137 e. The van der Waals surface area contributed by atoms with Gasteiger partial charge in [0.05, 0.1) is 12.1 Å². The third kappa shape index (κ3) is 3.16. The van der Waals surface area contributed by atoms with E-state index in [-0.39, 0.29) is 6.04 Å². The zero-order valence-corrected chi connectivity index (χ0v) is 11.5. The first-order chi connectivity index (χ1) is 8.74. The Kier molecular flexibility index (Phi) is 4.87. The molecule has 1 aromatic rings. The van der Waals surface area contributed by atoms with Gasteiger partial charge >= 0.3 is 0 Å². The minimum absolute atomic E-state index is 0.177. The maximum atomic E-state index is 6.15. The molecule has 1 saturated carbocycles. The van der Waals surface area contributed by atoms with Crippen molar-refractivity contribution in [3.05, 3.63) is 28.8 Å². The number of hydrogen-bond donors (Lipinski definition) is 2. The number of nitrogens with one attached hydrogen (secondary N) is 1. The number of benzene rings is 1. The van der Waals surface area contributed by atoms with Crippen molar-refractivity contribution in [2.45, 2.75) is 37.8 Å². The summed E-state index contributed by atoms with van der Waals surface area (Å²) in [6.45, 7) is 0.582. The van der Waals surface area contributed by atoms with E-state index < -0.39 is 0 Å². The van der Waals surface area contributed by atoms with Gasteiger partial charge in [0.1, 0.15) is 5.75 Å². The highest BCUT2D eigenvalue weighted by molar-refractivity contribution is 6.32. The van der Waals surface area contributed by atoms with Crippen molar-refractivity contribution in [1.29, 1.82) is 0 Å². The fraction of sp³-hybridized carbons (Fsp3) is 0.571. The molecule has 3 nitrogen and oxygen atoms in total. The molecule has 18 heavy (non-hydrogen) atoms. The molecule has 0 bridgehead atoms. The Bertz CT molecular complexity index is 391. The molecule has 0 spiro atoms. The minimum Gasteiger partial charge on any atom is -0.495 e. The molecule has 1 aromatic carbocycles. The van der Waals surface area contributed by atoms with Gasteiger partial charge in [-0.05, 0) is 30.5 Å². The number of ether oxygens (including phenoxy) is 1. The third-order valence-electron chi connectivity index (χ3n) is 3.61. The van der Waals surface area contributed by atoms with Crippen molar-refractivity contribution in [3.63, 3.8) is 0 Å². The van der Waals surface area contributed by atoms with Crippen LogP contribution < -0.4 is 15.8 Å². The summed E-state index contributed by atoms with van der Waals surface area (Å²) in [4.78, 5) is 0. The molecule has 1 unspecified atom stereocenters. The minimum atomic E-state index is 0.177. The fourth-order valence-electron chi connectivity index (χ4n) is 2.58. The average molecular weight is 269 g/mol. The van der Waals surface area contributed by atoms with Gasteiger partial charge in [-0.3, -0.25) is 0 Å². The third-order valence-corrected chi connectivity index (χ3v) is 3.90. The summed E-state index contributed by atoms with van der Waals surface area (Å²) < 4.78 is 5.16. The molecular weight excluding hydrogens is 248 g/mol. The molecule has 1 aliphatic rings. The van der Waals surface area contributed by atoms with Crippen LogP contribution in [0.5, 0.6) is 5.75 Å². The molecule has 0 amide bonds. The van der Waals surface area contributed by atoms with Gasteiger partial charge in [-0.1, -0.05) is 30.5 Å². The first-order valence-corrected chi connectivity index (χ1v) is 6.92. The van der Waals surface area contributed by atoms with Crippen LogP contribution in [0.3, 0.4) is 0 Å². The zero-order valence-electron chi connectivity index (χ0n) is 10.8. The summed E-state index contributed by atoms with van der Waals surface area (Å²) in [5.74, 6) is 0.706. The Morgan fingerprint density at radius 3 is 2.72 bits per heavy atom. The van der Waals surface area contributed by atoms with Crippen LogP contribution in [0.1, 0.15) is 37.3 Å². The number of halogens is 1. The van der Waals surface area contributed by atoms with Crippen LogP contribution >= 0.6 is 11.6 Å². The lowest BCUT2D eigenvalue weighted by molar-refractivity contribution is 0.413. The van der Waals surface area contributed by atoms with E-state index >= 15 is 0 Å². The van der Waals surface area contributed by atoms with Crippen molar-refractivity contribution < 1.29 is 4.74 Å². The summed E-state index contributed by atoms with van der Waals surface area (Å²) in [5, 5.41) is 4.26. The van der Waals surface area contributed by atoms with E-state index in [1.165, 1.54) is 25.7 Å². The van der Waals surface area contributed by atoms with Crippen molar-refractivity contribution in [2.24, 2.45) is 5.73 Å². The molecular formula is C14H21ClN2O. The van der Waals surface area contributed by atoms with Gasteiger partial charge in [-0.2, -0.15) is 0 Å². The predicted molar refractivity (Wildman–Crippen MR) is 75.2 cm³/mol. The van der Waals surface area contributed by atoms with E-state index in [9.17, 15) is 0 Å². The van der Waals surface area contributed by atoms with Crippen LogP contribution in [-0.4, -0.2) is 19.7 Å². The summed E-state index contributed by atoms with van der Waals surface area (Å²) in [6, 6.07) is 6.65. The van der Waals surface area contributed by atoms with Crippen LogP contribution in [0, 0.1) is 0 Å². The van der Waals surface area contributed by atoms with E-state index in [0.717, 1.165) is 5.56 Å². The van der Waals surface area contributed by atoms with Gasteiger partial charge in [-0.25, -0.2) is 0 Å². The lowest BCUT2D eigenvalue weighted by atomic mass is 10.1. The first-order valence-electron chi connectivity index (χ1n) is 6.54. The van der Waals surface area contributed by atoms with Crippen molar-refractivity contribution in [2.75, 3.05) is 13.7 Å². The Labute approximate surface area is 114 Å². The van der Waals surface area contributed by atoms with Crippen LogP contribution in [0.15, 0.2) is 18.2 Å². The summed E-state index contributed by atoms with van der Waals surface area (Å²) in [5.41, 5.74) is 7.00. The quantitative estimate of drug-likeness (QED) is 0.863. The van der Waals surface area contributed by atoms with Crippen molar-refractivity contribution >= 4 is 11.6 Å². The maximum Gasteiger partial charge on any atom is 0.137 e. The molecule has 1 atom stereocenters. The largest absolute Gasteiger partial charge is 0.495 e. The summed E-state index contributed by atoms with van der Waals surface area (Å²) in [7, 11) is 1.62. The predicted octanol–water partition coefficient (Wildman–Crippen LogP) is 2.88. The Morgan fingerprint density at radius 1 is 1.44 bits per heavy atom. The lowest BCUT2D eigenvalue weighted by Gasteiger charge is -2.22. The van der Waals surface area contributed by atoms with Gasteiger partial charge < -0.3 is 15.8 Å². The normalized spacial score (nSPS) is 17.9. The molecule has 3 N–H and O–H groups in total. The SMILES string of the molecule is COc1ccc(C(CN)NC2CCCC2)cc1Cl. The van der Waals surface area contributed by atoms with Gasteiger partial charge in [-0.15, -0.1) is 0 Å². The van der Waals surface area contributed by atoms with Crippen LogP contribution in [0.2, 0.25) is 5.02 Å². The maximum absolute atomic E-state index is 6.15. The second-order valence-electron chi connectivity index (χ2n) is 4.83. The average Bonchev–Trinajstić information content (AvgIpc) is 2.88. The van der Waals surface area contributed by atoms with Gasteiger partial charge in [0.2, 0.25) is 0 Å². The van der Waals surface area contributed by atoms with E-state index in [4.69, 9.17) is 22.1 Å². The number of rotatable bonds is 5. The van der Waals surface area contributed by atoms with Crippen LogP contribution in [-0.2, 0) is 0 Å². The van der Waals surface area contributed by atoms with Crippen molar-refractivity contribution in [1.82, 2.24) is 5.32 Å². The Balaban J connectivity index is 2.08. The molecule has 0 aliphatic heterocycles. The highest BCUT2D eigenvalue weighted by Crippen LogP contribution is 2.28. The molecule has 1 aliphatic carbocycles. The number of hydrogen-bond acceptors (Lipinski definition) is 3. The fourth-order valence-corrected chi connectivity index (χ4v) is 2.84. The standard InChI is InChI=1S/C14H21ClN2O/c1-18-14-7-6-10(8-12(14)15)13(9-16)17-11-4-2-3-5-11/h6-8,11,13,17H,2-5,9,16H2,1H3. The highest BCUT2D eigenvalue weighted by Gasteiger charge is 2.19. The zero-order chi connectivity index (χ0) is 13.0. The second-order valence-corrected chi connectivity index (χ2v) is 5.24. The number of methoxy groups -OCH3 is 1. The van der Waals surface area contributed by atoms with Crippen LogP contribution in [0.25, 0.3) is 0 Å². The molecule has 2 rings (SSSR count). The van der Waals surface area contributed by atoms with Crippen LogP contribution in [0.4, 0.5) is 0 Å². The van der Waals surface area contributed by atoms with E-state index in [0.29, 0.717) is 23.4 Å². The monoisotopic (exact) mass is 268 g/mol. The topological polar surface area (TPSA) is 47.3 Å². The highest BCUT2D eigenvalue weighted by atomic mass is 35.5. The van der Waals surface area contributed by atoms with E-state index in [1.807, 2.05) is 18.2 Å². The molecule has 0 saturated heterocycles. The lowest BCUT2D eigenvalue weighted by Crippen LogP contribution is -2.35. The van der Waals surface area contributed by atoms with Gasteiger partial charge in [0, 0.05) is 18.6 Å². The van der Waals surface area contributed by atoms with E-state index in [2.05, 4.69) is 5.32 Å². The number of nitrogens with two attached hydrogens (primary N) is 1. The summed E-state index contributed by atoms with van der Waals surface area (Å²) >= 11 is 6.15. The molecule has 1 fully saturated rings. The Morgan fingerprint density at radius 2 is 2.17 bits per heavy atom. The molecule has 4 heteroatoms. The first kappa shape index (κ1) is 13.7. The van der Waals surface area contributed by atoms with Gasteiger partial charge in [0.25, 0.3) is 0 Å². The Hall–Kier alpha value is -0.770. The molecule has 0 heterocycles. The van der Waals surface area contributed by atoms with Crippen molar-refractivity contribution in [3.8, 4) is 5.75 Å². The molecule has 100 valence electrons. The van der Waals surface area contributed by atoms with Gasteiger partial charge in [0.15, 0.2) is 0 Å². The summed E-state index contributed by atoms with van der Waals surface area (Å²) in [6.07, 6.45) is 5.14. The van der Waals surface area contributed by atoms with E-state index in [1.54, 1.807) is 7.11 Å².